The molecule has 2 amide bonds. The summed E-state index contributed by atoms with van der Waals surface area (Å²) in [5, 5.41) is 0.889. The van der Waals surface area contributed by atoms with Gasteiger partial charge in [0.2, 0.25) is 0 Å². The van der Waals surface area contributed by atoms with Gasteiger partial charge >= 0.3 is 0 Å². The van der Waals surface area contributed by atoms with E-state index in [1.165, 1.54) is 0 Å². The number of likely N-dealkylation sites (N-methyl/N-ethyl adjacent to an activating group) is 1. The van der Waals surface area contributed by atoms with Crippen LogP contribution in [0.4, 0.5) is 5.69 Å². The van der Waals surface area contributed by atoms with Crippen molar-refractivity contribution >= 4 is 46.3 Å². The van der Waals surface area contributed by atoms with E-state index >= 15 is 0 Å². The summed E-state index contributed by atoms with van der Waals surface area (Å²) in [6.07, 6.45) is 0. The van der Waals surface area contributed by atoms with Crippen LogP contribution in [0.2, 0.25) is 10.0 Å². The van der Waals surface area contributed by atoms with E-state index in [4.69, 9.17) is 23.2 Å². The summed E-state index contributed by atoms with van der Waals surface area (Å²) in [5.74, 6) is -0.818. The number of carbonyl (C=O) groups is 2. The molecule has 0 N–H and O–H groups in total. The zero-order chi connectivity index (χ0) is 21.3. The quantitative estimate of drug-likeness (QED) is 0.502. The van der Waals surface area contributed by atoms with Crippen LogP contribution in [0.1, 0.15) is 11.1 Å². The fraction of sp³-hybridized carbons (Fsp3) is 0.0833. The largest absolute Gasteiger partial charge is 0.365 e. The Morgan fingerprint density at radius 2 is 1.43 bits per heavy atom. The van der Waals surface area contributed by atoms with Crippen LogP contribution in [0.5, 0.6) is 0 Å². The molecule has 1 aliphatic heterocycles. The highest BCUT2D eigenvalue weighted by Gasteiger charge is 2.42. The Hall–Kier alpha value is -3.08. The van der Waals surface area contributed by atoms with Gasteiger partial charge in [-0.25, -0.2) is 4.90 Å². The lowest BCUT2D eigenvalue weighted by Gasteiger charge is -2.22. The number of hydrogen-bond acceptors (Lipinski definition) is 3. The molecule has 3 aromatic carbocycles. The fourth-order valence-electron chi connectivity index (χ4n) is 3.54. The molecule has 0 atom stereocenters. The Bertz CT molecular complexity index is 1140. The van der Waals surface area contributed by atoms with E-state index in [9.17, 15) is 9.59 Å². The average molecular weight is 437 g/mol. The van der Waals surface area contributed by atoms with Gasteiger partial charge in [-0.2, -0.15) is 0 Å². The van der Waals surface area contributed by atoms with E-state index in [2.05, 4.69) is 0 Å². The van der Waals surface area contributed by atoms with Gasteiger partial charge in [0.25, 0.3) is 11.8 Å². The second-order valence-electron chi connectivity index (χ2n) is 6.97. The highest BCUT2D eigenvalue weighted by molar-refractivity contribution is 6.47. The second kappa shape index (κ2) is 8.34. The first-order valence-corrected chi connectivity index (χ1v) is 10.1. The lowest BCUT2D eigenvalue weighted by molar-refractivity contribution is -0.120. The predicted molar refractivity (Wildman–Crippen MR) is 120 cm³/mol. The number of halogens is 2. The molecule has 4 rings (SSSR count). The Kier molecular flexibility index (Phi) is 5.62. The van der Waals surface area contributed by atoms with Crippen molar-refractivity contribution in [2.75, 3.05) is 11.9 Å². The number of hydrogen-bond donors (Lipinski definition) is 0. The molecule has 0 bridgehead atoms. The number of imide groups is 1. The van der Waals surface area contributed by atoms with Gasteiger partial charge in [-0.15, -0.1) is 0 Å². The molecule has 150 valence electrons. The van der Waals surface area contributed by atoms with Gasteiger partial charge in [0, 0.05) is 18.6 Å². The number of anilines is 1. The van der Waals surface area contributed by atoms with Crippen molar-refractivity contribution in [3.63, 3.8) is 0 Å². The SMILES string of the molecule is CN(Cc1ccccc1)C1=C(c2ccc(Cl)cc2)C(=O)N(c2ccccc2Cl)C1=O. The normalized spacial score (nSPS) is 13.9. The maximum absolute atomic E-state index is 13.5. The third-order valence-corrected chi connectivity index (χ3v) is 5.50. The number of para-hydroxylation sites is 1. The number of nitrogens with zero attached hydrogens (tertiary/aromatic N) is 2. The van der Waals surface area contributed by atoms with Crippen LogP contribution in [0.15, 0.2) is 84.6 Å². The first-order valence-electron chi connectivity index (χ1n) is 9.36. The van der Waals surface area contributed by atoms with E-state index in [0.717, 1.165) is 10.5 Å². The lowest BCUT2D eigenvalue weighted by Crippen LogP contribution is -2.34. The van der Waals surface area contributed by atoms with E-state index in [-0.39, 0.29) is 0 Å². The Labute approximate surface area is 184 Å². The molecule has 1 aliphatic rings. The van der Waals surface area contributed by atoms with Crippen molar-refractivity contribution in [3.05, 3.63) is 106 Å². The minimum atomic E-state index is -0.412. The molecule has 30 heavy (non-hydrogen) atoms. The average Bonchev–Trinajstić information content (AvgIpc) is 3.00. The predicted octanol–water partition coefficient (Wildman–Crippen LogP) is 5.41. The van der Waals surface area contributed by atoms with Crippen LogP contribution in [-0.2, 0) is 16.1 Å². The molecule has 0 unspecified atom stereocenters. The Morgan fingerprint density at radius 1 is 0.800 bits per heavy atom. The molecule has 0 aliphatic carbocycles. The third kappa shape index (κ3) is 3.72. The van der Waals surface area contributed by atoms with Crippen molar-refractivity contribution in [1.82, 2.24) is 4.90 Å². The summed E-state index contributed by atoms with van der Waals surface area (Å²) in [7, 11) is 1.81. The van der Waals surface area contributed by atoms with Gasteiger partial charge in [0.15, 0.2) is 0 Å². The third-order valence-electron chi connectivity index (χ3n) is 4.93. The zero-order valence-corrected chi connectivity index (χ0v) is 17.7. The van der Waals surface area contributed by atoms with Gasteiger partial charge in [-0.05, 0) is 35.4 Å². The van der Waals surface area contributed by atoms with Crippen molar-refractivity contribution in [3.8, 4) is 0 Å². The maximum atomic E-state index is 13.5. The molecular formula is C24H18Cl2N2O2. The van der Waals surface area contributed by atoms with E-state index in [1.54, 1.807) is 60.5 Å². The van der Waals surface area contributed by atoms with Crippen LogP contribution < -0.4 is 4.90 Å². The fourth-order valence-corrected chi connectivity index (χ4v) is 3.88. The summed E-state index contributed by atoms with van der Waals surface area (Å²) in [6, 6.07) is 23.5. The summed E-state index contributed by atoms with van der Waals surface area (Å²) in [6.45, 7) is 0.475. The number of amides is 2. The molecule has 0 aromatic heterocycles. The first kappa shape index (κ1) is 20.2. The summed E-state index contributed by atoms with van der Waals surface area (Å²) in [5.41, 5.74) is 2.67. The second-order valence-corrected chi connectivity index (χ2v) is 7.81. The van der Waals surface area contributed by atoms with Gasteiger partial charge in [0.05, 0.1) is 16.3 Å². The standard InChI is InChI=1S/C24H18Cl2N2O2/c1-27(15-16-7-3-2-4-8-16)22-21(17-11-13-18(25)14-12-17)23(29)28(24(22)30)20-10-6-5-9-19(20)26/h2-14H,15H2,1H3. The minimum absolute atomic E-state index is 0.325. The molecule has 0 radical (unpaired) electrons. The minimum Gasteiger partial charge on any atom is -0.365 e. The monoisotopic (exact) mass is 436 g/mol. The molecule has 0 fully saturated rings. The van der Waals surface area contributed by atoms with Crippen molar-refractivity contribution < 1.29 is 9.59 Å². The van der Waals surface area contributed by atoms with Crippen LogP contribution in [-0.4, -0.2) is 23.8 Å². The first-order chi connectivity index (χ1) is 14.5. The van der Waals surface area contributed by atoms with Gasteiger partial charge < -0.3 is 4.90 Å². The van der Waals surface area contributed by atoms with E-state index in [0.29, 0.717) is 39.1 Å². The van der Waals surface area contributed by atoms with Gasteiger partial charge in [0.1, 0.15) is 5.70 Å². The molecule has 1 heterocycles. The smallest absolute Gasteiger partial charge is 0.282 e. The topological polar surface area (TPSA) is 40.6 Å². The van der Waals surface area contributed by atoms with Crippen LogP contribution in [0.25, 0.3) is 5.57 Å². The van der Waals surface area contributed by atoms with Gasteiger partial charge in [-0.3, -0.25) is 9.59 Å². The van der Waals surface area contributed by atoms with E-state index in [1.807, 2.05) is 30.3 Å². The van der Waals surface area contributed by atoms with Crippen molar-refractivity contribution in [2.24, 2.45) is 0 Å². The Morgan fingerprint density at radius 3 is 2.10 bits per heavy atom. The molecule has 0 saturated heterocycles. The van der Waals surface area contributed by atoms with Crippen molar-refractivity contribution in [2.45, 2.75) is 6.54 Å². The van der Waals surface area contributed by atoms with Crippen LogP contribution >= 0.6 is 23.2 Å². The van der Waals surface area contributed by atoms with Gasteiger partial charge in [-0.1, -0.05) is 77.8 Å². The summed E-state index contributed by atoms with van der Waals surface area (Å²) < 4.78 is 0. The highest BCUT2D eigenvalue weighted by atomic mass is 35.5. The molecule has 0 saturated carbocycles. The summed E-state index contributed by atoms with van der Waals surface area (Å²) >= 11 is 12.3. The van der Waals surface area contributed by atoms with Crippen LogP contribution in [0.3, 0.4) is 0 Å². The maximum Gasteiger partial charge on any atom is 0.282 e. The Balaban J connectivity index is 1.82. The number of benzene rings is 3. The van der Waals surface area contributed by atoms with Crippen molar-refractivity contribution in [1.29, 1.82) is 0 Å². The van der Waals surface area contributed by atoms with Crippen LogP contribution in [0, 0.1) is 0 Å². The number of carbonyl (C=O) groups excluding carboxylic acids is 2. The zero-order valence-electron chi connectivity index (χ0n) is 16.2. The van der Waals surface area contributed by atoms with E-state index < -0.39 is 11.8 Å². The number of rotatable bonds is 5. The molecule has 4 nitrogen and oxygen atoms in total. The molecule has 0 spiro atoms. The molecule has 6 heteroatoms. The molecular weight excluding hydrogens is 419 g/mol. The lowest BCUT2D eigenvalue weighted by atomic mass is 10.0. The molecule has 3 aromatic rings. The summed E-state index contributed by atoms with van der Waals surface area (Å²) in [4.78, 5) is 29.9. The highest BCUT2D eigenvalue weighted by Crippen LogP contribution is 2.37.